The third-order valence-corrected chi connectivity index (χ3v) is 3.62. The Balaban J connectivity index is 1.87. The summed E-state index contributed by atoms with van der Waals surface area (Å²) in [4.78, 5) is 11.0. The van der Waals surface area contributed by atoms with E-state index in [2.05, 4.69) is 19.7 Å². The maximum absolute atomic E-state index is 12.1. The van der Waals surface area contributed by atoms with Gasteiger partial charge in [-0.25, -0.2) is 0 Å². The number of nitrogens with zero attached hydrogens (tertiary/aromatic N) is 2. The van der Waals surface area contributed by atoms with Crippen molar-refractivity contribution in [3.05, 3.63) is 24.3 Å². The zero-order chi connectivity index (χ0) is 16.7. The van der Waals surface area contributed by atoms with E-state index in [4.69, 9.17) is 4.42 Å². The van der Waals surface area contributed by atoms with Crippen LogP contribution in [0, 0.1) is 0 Å². The summed E-state index contributed by atoms with van der Waals surface area (Å²) in [6.07, 6.45) is 0.963. The number of carbonyl (C=O) groups excluding carboxylic acids is 1. The van der Waals surface area contributed by atoms with Gasteiger partial charge in [0.1, 0.15) is 5.75 Å². The number of esters is 1. The molecule has 1 aromatic carbocycles. The fourth-order valence-corrected chi connectivity index (χ4v) is 2.34. The number of halogens is 2. The molecule has 23 heavy (non-hydrogen) atoms. The molecule has 0 saturated carbocycles. The zero-order valence-corrected chi connectivity index (χ0v) is 13.0. The predicted octanol–water partition coefficient (Wildman–Crippen LogP) is 3.38. The first kappa shape index (κ1) is 17.2. The molecule has 0 radical (unpaired) electrons. The molecule has 1 aromatic heterocycles. The summed E-state index contributed by atoms with van der Waals surface area (Å²) in [6, 6.07) is 5.90. The highest BCUT2D eigenvalue weighted by molar-refractivity contribution is 7.99. The molecule has 0 spiro atoms. The van der Waals surface area contributed by atoms with E-state index in [1.165, 1.54) is 31.0 Å². The predicted molar refractivity (Wildman–Crippen MR) is 78.3 cm³/mol. The van der Waals surface area contributed by atoms with Gasteiger partial charge in [-0.2, -0.15) is 8.78 Å². The molecule has 2 rings (SSSR count). The van der Waals surface area contributed by atoms with Gasteiger partial charge >= 0.3 is 12.6 Å². The van der Waals surface area contributed by atoms with Crippen molar-refractivity contribution in [3.63, 3.8) is 0 Å². The highest BCUT2D eigenvalue weighted by atomic mass is 32.2. The summed E-state index contributed by atoms with van der Waals surface area (Å²) in [5.74, 6) is 0.713. The van der Waals surface area contributed by atoms with E-state index >= 15 is 0 Å². The average molecular weight is 344 g/mol. The number of methoxy groups -OCH3 is 1. The van der Waals surface area contributed by atoms with Crippen molar-refractivity contribution in [1.82, 2.24) is 10.2 Å². The summed E-state index contributed by atoms with van der Waals surface area (Å²) in [6.45, 7) is -2.86. The Labute approximate surface area is 135 Å². The topological polar surface area (TPSA) is 74.5 Å². The van der Waals surface area contributed by atoms with Crippen LogP contribution in [0.25, 0.3) is 11.5 Å². The number of alkyl halides is 2. The third-order valence-electron chi connectivity index (χ3n) is 2.71. The lowest BCUT2D eigenvalue weighted by molar-refractivity contribution is -0.140. The molecule has 0 aliphatic carbocycles. The maximum Gasteiger partial charge on any atom is 0.387 e. The van der Waals surface area contributed by atoms with Crippen molar-refractivity contribution in [1.29, 1.82) is 0 Å². The number of benzene rings is 1. The number of rotatable bonds is 8. The molecular weight excluding hydrogens is 330 g/mol. The van der Waals surface area contributed by atoms with Gasteiger partial charge in [0.25, 0.3) is 5.22 Å². The quantitative estimate of drug-likeness (QED) is 0.413. The molecule has 0 N–H and O–H groups in total. The van der Waals surface area contributed by atoms with Gasteiger partial charge in [0, 0.05) is 17.7 Å². The second kappa shape index (κ2) is 8.47. The molecule has 9 heteroatoms. The summed E-state index contributed by atoms with van der Waals surface area (Å²) >= 11 is 1.33. The molecule has 0 fully saturated rings. The van der Waals surface area contributed by atoms with E-state index in [9.17, 15) is 13.6 Å². The summed E-state index contributed by atoms with van der Waals surface area (Å²) < 4.78 is 38.4. The van der Waals surface area contributed by atoms with E-state index in [1.807, 2.05) is 0 Å². The third kappa shape index (κ3) is 5.51. The Hall–Kier alpha value is -2.16. The summed E-state index contributed by atoms with van der Waals surface area (Å²) in [7, 11) is 1.34. The van der Waals surface area contributed by atoms with Crippen molar-refractivity contribution >= 4 is 17.7 Å². The molecule has 6 nitrogen and oxygen atoms in total. The SMILES string of the molecule is COC(=O)CCCSc1nnc(-c2ccc(OC(F)F)cc2)o1. The fraction of sp³-hybridized carbons (Fsp3) is 0.357. The van der Waals surface area contributed by atoms with Crippen LogP contribution in [0.5, 0.6) is 5.75 Å². The first-order valence-electron chi connectivity index (χ1n) is 6.67. The van der Waals surface area contributed by atoms with E-state index in [0.717, 1.165) is 0 Å². The number of ether oxygens (including phenoxy) is 2. The molecule has 0 saturated heterocycles. The molecule has 0 aliphatic heterocycles. The van der Waals surface area contributed by atoms with E-state index < -0.39 is 6.61 Å². The fourth-order valence-electron chi connectivity index (χ4n) is 1.64. The molecule has 0 amide bonds. The van der Waals surface area contributed by atoms with Crippen LogP contribution in [0.3, 0.4) is 0 Å². The van der Waals surface area contributed by atoms with Crippen LogP contribution in [0.4, 0.5) is 8.78 Å². The Kier molecular flexibility index (Phi) is 6.33. The Bertz CT molecular complexity index is 634. The lowest BCUT2D eigenvalue weighted by atomic mass is 10.2. The monoisotopic (exact) mass is 344 g/mol. The molecule has 0 unspecified atom stereocenters. The van der Waals surface area contributed by atoms with Gasteiger partial charge < -0.3 is 13.9 Å². The summed E-state index contributed by atoms with van der Waals surface area (Å²) in [5, 5.41) is 8.14. The highest BCUT2D eigenvalue weighted by Gasteiger charge is 2.10. The number of hydrogen-bond acceptors (Lipinski definition) is 7. The van der Waals surface area contributed by atoms with Gasteiger partial charge in [0.2, 0.25) is 5.89 Å². The van der Waals surface area contributed by atoms with Gasteiger partial charge in [-0.15, -0.1) is 10.2 Å². The minimum atomic E-state index is -2.86. The van der Waals surface area contributed by atoms with Gasteiger partial charge in [0.05, 0.1) is 7.11 Å². The molecule has 124 valence electrons. The average Bonchev–Trinajstić information content (AvgIpc) is 3.00. The van der Waals surface area contributed by atoms with Crippen molar-refractivity contribution in [3.8, 4) is 17.2 Å². The first-order valence-corrected chi connectivity index (χ1v) is 7.65. The lowest BCUT2D eigenvalue weighted by Gasteiger charge is -2.03. The molecular formula is C14H14F2N2O4S. The first-order chi connectivity index (χ1) is 11.1. The highest BCUT2D eigenvalue weighted by Crippen LogP contribution is 2.25. The Morgan fingerprint density at radius 3 is 2.70 bits per heavy atom. The Morgan fingerprint density at radius 1 is 1.30 bits per heavy atom. The van der Waals surface area contributed by atoms with Crippen LogP contribution in [-0.4, -0.2) is 35.6 Å². The number of carbonyl (C=O) groups is 1. The van der Waals surface area contributed by atoms with Gasteiger partial charge in [-0.3, -0.25) is 4.79 Å². The normalized spacial score (nSPS) is 10.8. The van der Waals surface area contributed by atoms with Gasteiger partial charge in [-0.05, 0) is 30.7 Å². The van der Waals surface area contributed by atoms with Crippen LogP contribution >= 0.6 is 11.8 Å². The van der Waals surface area contributed by atoms with E-state index in [1.54, 1.807) is 12.1 Å². The lowest BCUT2D eigenvalue weighted by Crippen LogP contribution is -2.01. The van der Waals surface area contributed by atoms with Crippen molar-refractivity contribution in [2.24, 2.45) is 0 Å². The maximum atomic E-state index is 12.1. The minimum absolute atomic E-state index is 0.0562. The largest absolute Gasteiger partial charge is 0.469 e. The number of aromatic nitrogens is 2. The number of thioether (sulfide) groups is 1. The molecule has 2 aromatic rings. The molecule has 0 bridgehead atoms. The van der Waals surface area contributed by atoms with Crippen LogP contribution in [0.2, 0.25) is 0 Å². The molecule has 0 atom stereocenters. The molecule has 1 heterocycles. The van der Waals surface area contributed by atoms with Crippen LogP contribution in [0.15, 0.2) is 33.9 Å². The smallest absolute Gasteiger partial charge is 0.387 e. The van der Waals surface area contributed by atoms with E-state index in [-0.39, 0.29) is 17.6 Å². The minimum Gasteiger partial charge on any atom is -0.469 e. The standard InChI is InChI=1S/C14H14F2N2O4S/c1-20-11(19)3-2-8-23-14-18-17-12(22-14)9-4-6-10(7-5-9)21-13(15)16/h4-7,13H,2-3,8H2,1H3. The summed E-state index contributed by atoms with van der Waals surface area (Å²) in [5.41, 5.74) is 0.598. The zero-order valence-electron chi connectivity index (χ0n) is 12.2. The van der Waals surface area contributed by atoms with Gasteiger partial charge in [0.15, 0.2) is 0 Å². The van der Waals surface area contributed by atoms with Crippen LogP contribution in [-0.2, 0) is 9.53 Å². The van der Waals surface area contributed by atoms with Crippen molar-refractivity contribution in [2.75, 3.05) is 12.9 Å². The second-order valence-electron chi connectivity index (χ2n) is 4.30. The number of hydrogen-bond donors (Lipinski definition) is 0. The van der Waals surface area contributed by atoms with Crippen molar-refractivity contribution in [2.45, 2.75) is 24.7 Å². The molecule has 0 aliphatic rings. The Morgan fingerprint density at radius 2 is 2.04 bits per heavy atom. The van der Waals surface area contributed by atoms with Crippen LogP contribution < -0.4 is 4.74 Å². The van der Waals surface area contributed by atoms with Crippen molar-refractivity contribution < 1.29 is 27.5 Å². The second-order valence-corrected chi connectivity index (χ2v) is 5.35. The van der Waals surface area contributed by atoms with Crippen LogP contribution in [0.1, 0.15) is 12.8 Å². The van der Waals surface area contributed by atoms with E-state index in [0.29, 0.717) is 29.4 Å². The van der Waals surface area contributed by atoms with Gasteiger partial charge in [-0.1, -0.05) is 11.8 Å².